The number of aromatic nitrogens is 5. The van der Waals surface area contributed by atoms with Crippen molar-refractivity contribution in [1.29, 1.82) is 0 Å². The first kappa shape index (κ1) is 16.9. The van der Waals surface area contributed by atoms with E-state index in [-0.39, 0.29) is 6.04 Å². The number of rotatable bonds is 4. The molecule has 0 amide bonds. The molecule has 6 heteroatoms. The summed E-state index contributed by atoms with van der Waals surface area (Å²) in [6.45, 7) is 3.07. The molecular formula is C22H22N6. The first-order valence-corrected chi connectivity index (χ1v) is 9.80. The molecule has 2 aromatic carbocycles. The van der Waals surface area contributed by atoms with Gasteiger partial charge in [-0.15, -0.1) is 10.2 Å². The van der Waals surface area contributed by atoms with Gasteiger partial charge in [0.2, 0.25) is 5.95 Å². The van der Waals surface area contributed by atoms with Crippen molar-refractivity contribution in [2.24, 2.45) is 0 Å². The standard InChI is InChI=1S/C22H22N6/c1-15(21-27-26-19-13-7-8-14-28(19)21)23-22-24-18-12-6-5-11-17(18)20(25-22)16-9-3-2-4-10-16/h2-6,9-12,15H,7-8,13-14H2,1H3,(H,23,24,25). The van der Waals surface area contributed by atoms with Crippen LogP contribution in [-0.4, -0.2) is 24.7 Å². The van der Waals surface area contributed by atoms with Crippen LogP contribution in [0.2, 0.25) is 0 Å². The highest BCUT2D eigenvalue weighted by molar-refractivity contribution is 5.93. The molecule has 3 heterocycles. The van der Waals surface area contributed by atoms with E-state index in [1.165, 1.54) is 12.8 Å². The van der Waals surface area contributed by atoms with E-state index in [0.717, 1.165) is 46.8 Å². The second-order valence-corrected chi connectivity index (χ2v) is 7.23. The van der Waals surface area contributed by atoms with E-state index in [9.17, 15) is 0 Å². The Balaban J connectivity index is 1.53. The van der Waals surface area contributed by atoms with Crippen molar-refractivity contribution in [3.05, 3.63) is 66.2 Å². The Labute approximate surface area is 163 Å². The molecule has 0 fully saturated rings. The molecule has 2 aromatic heterocycles. The van der Waals surface area contributed by atoms with Crippen LogP contribution in [0.15, 0.2) is 54.6 Å². The molecule has 0 spiro atoms. The summed E-state index contributed by atoms with van der Waals surface area (Å²) in [4.78, 5) is 9.60. The molecule has 1 unspecified atom stereocenters. The minimum atomic E-state index is -0.0239. The molecule has 0 aliphatic carbocycles. The Morgan fingerprint density at radius 1 is 0.929 bits per heavy atom. The fourth-order valence-electron chi connectivity index (χ4n) is 3.87. The number of aryl methyl sites for hydroxylation is 1. The van der Waals surface area contributed by atoms with Crippen molar-refractivity contribution < 1.29 is 0 Å². The number of nitrogens with one attached hydrogen (secondary N) is 1. The molecule has 0 saturated carbocycles. The Hall–Kier alpha value is -3.28. The number of para-hydroxylation sites is 1. The number of nitrogens with zero attached hydrogens (tertiary/aromatic N) is 5. The third-order valence-corrected chi connectivity index (χ3v) is 5.27. The summed E-state index contributed by atoms with van der Waals surface area (Å²) < 4.78 is 2.24. The van der Waals surface area contributed by atoms with E-state index in [1.54, 1.807) is 0 Å². The molecule has 0 saturated heterocycles. The lowest BCUT2D eigenvalue weighted by atomic mass is 10.1. The van der Waals surface area contributed by atoms with Gasteiger partial charge in [0, 0.05) is 23.9 Å². The molecule has 1 N–H and O–H groups in total. The third kappa shape index (κ3) is 3.01. The lowest BCUT2D eigenvalue weighted by Crippen LogP contribution is -2.19. The normalized spacial score (nSPS) is 14.6. The lowest BCUT2D eigenvalue weighted by Gasteiger charge is -2.19. The van der Waals surface area contributed by atoms with Crippen LogP contribution < -0.4 is 5.32 Å². The maximum Gasteiger partial charge on any atom is 0.224 e. The molecule has 6 nitrogen and oxygen atoms in total. The summed E-state index contributed by atoms with van der Waals surface area (Å²) in [5.74, 6) is 2.64. The summed E-state index contributed by atoms with van der Waals surface area (Å²) in [5, 5.41) is 13.3. The lowest BCUT2D eigenvalue weighted by molar-refractivity contribution is 0.500. The summed E-state index contributed by atoms with van der Waals surface area (Å²) in [6.07, 6.45) is 3.37. The van der Waals surface area contributed by atoms with Crippen LogP contribution in [0.25, 0.3) is 22.2 Å². The molecule has 1 aliphatic rings. The topological polar surface area (TPSA) is 68.5 Å². The zero-order valence-corrected chi connectivity index (χ0v) is 15.8. The van der Waals surface area contributed by atoms with E-state index >= 15 is 0 Å². The van der Waals surface area contributed by atoms with Crippen LogP contribution in [0.1, 0.15) is 37.5 Å². The molecule has 0 radical (unpaired) electrons. The van der Waals surface area contributed by atoms with Gasteiger partial charge in [-0.2, -0.15) is 0 Å². The highest BCUT2D eigenvalue weighted by atomic mass is 15.3. The maximum atomic E-state index is 4.85. The average molecular weight is 370 g/mol. The first-order valence-electron chi connectivity index (χ1n) is 9.80. The van der Waals surface area contributed by atoms with Crippen molar-refractivity contribution in [2.45, 2.75) is 38.8 Å². The Kier molecular flexibility index (Phi) is 4.24. The van der Waals surface area contributed by atoms with Crippen molar-refractivity contribution >= 4 is 16.9 Å². The van der Waals surface area contributed by atoms with Crippen LogP contribution in [0.4, 0.5) is 5.95 Å². The summed E-state index contributed by atoms with van der Waals surface area (Å²) in [7, 11) is 0. The van der Waals surface area contributed by atoms with Crippen molar-refractivity contribution in [2.75, 3.05) is 5.32 Å². The number of hydrogen-bond acceptors (Lipinski definition) is 5. The quantitative estimate of drug-likeness (QED) is 0.577. The highest BCUT2D eigenvalue weighted by Crippen LogP contribution is 2.28. The van der Waals surface area contributed by atoms with Gasteiger partial charge in [0.15, 0.2) is 5.82 Å². The van der Waals surface area contributed by atoms with E-state index in [0.29, 0.717) is 5.95 Å². The van der Waals surface area contributed by atoms with Gasteiger partial charge in [-0.25, -0.2) is 9.97 Å². The predicted molar refractivity (Wildman–Crippen MR) is 110 cm³/mol. The fraction of sp³-hybridized carbons (Fsp3) is 0.273. The minimum Gasteiger partial charge on any atom is -0.344 e. The first-order chi connectivity index (χ1) is 13.8. The van der Waals surface area contributed by atoms with Gasteiger partial charge >= 0.3 is 0 Å². The zero-order valence-electron chi connectivity index (χ0n) is 15.8. The second-order valence-electron chi connectivity index (χ2n) is 7.23. The predicted octanol–water partition coefficient (Wildman–Crippen LogP) is 4.40. The number of fused-ring (bicyclic) bond motifs is 2. The van der Waals surface area contributed by atoms with Gasteiger partial charge in [-0.3, -0.25) is 0 Å². The SMILES string of the molecule is CC(Nc1nc(-c2ccccc2)c2ccccc2n1)c1nnc2n1CCCC2. The Morgan fingerprint density at radius 2 is 1.75 bits per heavy atom. The zero-order chi connectivity index (χ0) is 18.9. The van der Waals surface area contributed by atoms with E-state index in [4.69, 9.17) is 9.97 Å². The third-order valence-electron chi connectivity index (χ3n) is 5.27. The number of hydrogen-bond donors (Lipinski definition) is 1. The summed E-state index contributed by atoms with van der Waals surface area (Å²) >= 11 is 0. The van der Waals surface area contributed by atoms with Gasteiger partial charge in [0.25, 0.3) is 0 Å². The number of anilines is 1. The van der Waals surface area contributed by atoms with Crippen LogP contribution in [0, 0.1) is 0 Å². The van der Waals surface area contributed by atoms with E-state index < -0.39 is 0 Å². The minimum absolute atomic E-state index is 0.0239. The van der Waals surface area contributed by atoms with Crippen molar-refractivity contribution in [3.63, 3.8) is 0 Å². The molecule has 4 aromatic rings. The highest BCUT2D eigenvalue weighted by Gasteiger charge is 2.21. The Morgan fingerprint density at radius 3 is 2.64 bits per heavy atom. The van der Waals surface area contributed by atoms with Crippen molar-refractivity contribution in [1.82, 2.24) is 24.7 Å². The van der Waals surface area contributed by atoms with Gasteiger partial charge in [-0.05, 0) is 25.8 Å². The summed E-state index contributed by atoms with van der Waals surface area (Å²) in [6, 6.07) is 18.3. The van der Waals surface area contributed by atoms with Crippen molar-refractivity contribution in [3.8, 4) is 11.3 Å². The molecular weight excluding hydrogens is 348 g/mol. The van der Waals surface area contributed by atoms with Crippen LogP contribution in [0.3, 0.4) is 0 Å². The van der Waals surface area contributed by atoms with Crippen LogP contribution in [-0.2, 0) is 13.0 Å². The molecule has 1 atom stereocenters. The van der Waals surface area contributed by atoms with E-state index in [1.807, 2.05) is 36.4 Å². The smallest absolute Gasteiger partial charge is 0.224 e. The van der Waals surface area contributed by atoms with Crippen LogP contribution in [0.5, 0.6) is 0 Å². The number of benzene rings is 2. The molecule has 28 heavy (non-hydrogen) atoms. The molecule has 5 rings (SSSR count). The van der Waals surface area contributed by atoms with Crippen LogP contribution >= 0.6 is 0 Å². The maximum absolute atomic E-state index is 4.85. The van der Waals surface area contributed by atoms with Gasteiger partial charge < -0.3 is 9.88 Å². The second kappa shape index (κ2) is 7.03. The summed E-state index contributed by atoms with van der Waals surface area (Å²) in [5.41, 5.74) is 2.94. The van der Waals surface area contributed by atoms with Gasteiger partial charge in [-0.1, -0.05) is 48.5 Å². The largest absolute Gasteiger partial charge is 0.344 e. The Bertz CT molecular complexity index is 1120. The molecule has 140 valence electrons. The van der Waals surface area contributed by atoms with E-state index in [2.05, 4.69) is 45.2 Å². The fourth-order valence-corrected chi connectivity index (χ4v) is 3.87. The molecule has 1 aliphatic heterocycles. The van der Waals surface area contributed by atoms with Gasteiger partial charge in [0.05, 0.1) is 17.3 Å². The van der Waals surface area contributed by atoms with Gasteiger partial charge in [0.1, 0.15) is 5.82 Å². The monoisotopic (exact) mass is 370 g/mol. The average Bonchev–Trinajstić information content (AvgIpc) is 3.18. The molecule has 0 bridgehead atoms.